The van der Waals surface area contributed by atoms with Gasteiger partial charge in [-0.1, -0.05) is 6.92 Å². The molecule has 0 aliphatic heterocycles. The Balaban J connectivity index is 2.77. The van der Waals surface area contributed by atoms with E-state index in [1.54, 1.807) is 18.8 Å². The second kappa shape index (κ2) is 6.52. The highest BCUT2D eigenvalue weighted by Gasteiger charge is 2.11. The highest BCUT2D eigenvalue weighted by Crippen LogP contribution is 2.15. The Bertz CT molecular complexity index is 335. The first kappa shape index (κ1) is 13.0. The number of nitrogens with one attached hydrogen (secondary N) is 2. The van der Waals surface area contributed by atoms with E-state index in [4.69, 9.17) is 0 Å². The number of hydrogen-bond acceptors (Lipinski definition) is 5. The lowest BCUT2D eigenvalue weighted by atomic mass is 10.2. The third-order valence-corrected chi connectivity index (χ3v) is 2.90. The summed E-state index contributed by atoms with van der Waals surface area (Å²) in [6.45, 7) is 2.06. The van der Waals surface area contributed by atoms with Gasteiger partial charge in [0.1, 0.15) is 0 Å². The first-order chi connectivity index (χ1) is 7.71. The molecule has 4 nitrogen and oxygen atoms in total. The van der Waals surface area contributed by atoms with Gasteiger partial charge >= 0.3 is 0 Å². The number of anilines is 2. The van der Waals surface area contributed by atoms with Crippen molar-refractivity contribution in [1.82, 2.24) is 9.97 Å². The summed E-state index contributed by atoms with van der Waals surface area (Å²) in [7, 11) is 1.70. The lowest BCUT2D eigenvalue weighted by Gasteiger charge is -2.16. The number of hydrogen-bond donors (Lipinski definition) is 2. The van der Waals surface area contributed by atoms with Gasteiger partial charge in [0.05, 0.1) is 6.20 Å². The summed E-state index contributed by atoms with van der Waals surface area (Å²) in [5, 5.41) is 5.87. The van der Waals surface area contributed by atoms with Crippen LogP contribution in [0.5, 0.6) is 0 Å². The zero-order chi connectivity index (χ0) is 12.0. The van der Waals surface area contributed by atoms with Crippen LogP contribution in [0, 0.1) is 5.82 Å². The maximum absolute atomic E-state index is 13.4. The molecule has 2 N–H and O–H groups in total. The van der Waals surface area contributed by atoms with Crippen LogP contribution in [-0.4, -0.2) is 35.1 Å². The van der Waals surface area contributed by atoms with E-state index in [2.05, 4.69) is 27.5 Å². The predicted octanol–water partition coefficient (Wildman–Crippen LogP) is 2.21. The van der Waals surface area contributed by atoms with Crippen molar-refractivity contribution >= 4 is 23.5 Å². The van der Waals surface area contributed by atoms with Gasteiger partial charge in [-0.05, 0) is 12.7 Å². The fourth-order valence-electron chi connectivity index (χ4n) is 1.24. The number of halogens is 1. The van der Waals surface area contributed by atoms with Crippen LogP contribution in [0.3, 0.4) is 0 Å². The topological polar surface area (TPSA) is 49.8 Å². The highest BCUT2D eigenvalue weighted by molar-refractivity contribution is 7.98. The molecular formula is C10H17FN4S. The number of nitrogens with zero attached hydrogens (tertiary/aromatic N) is 2. The molecule has 0 spiro atoms. The Morgan fingerprint density at radius 3 is 2.88 bits per heavy atom. The van der Waals surface area contributed by atoms with Gasteiger partial charge in [0.2, 0.25) is 5.95 Å². The Morgan fingerprint density at radius 2 is 2.31 bits per heavy atom. The van der Waals surface area contributed by atoms with Crippen LogP contribution >= 0.6 is 11.8 Å². The fraction of sp³-hybridized carbons (Fsp3) is 0.600. The molecule has 1 heterocycles. The molecule has 0 amide bonds. The molecule has 1 unspecified atom stereocenters. The minimum absolute atomic E-state index is 0.226. The second-order valence-electron chi connectivity index (χ2n) is 3.35. The normalized spacial score (nSPS) is 12.2. The van der Waals surface area contributed by atoms with Gasteiger partial charge in [0.25, 0.3) is 0 Å². The van der Waals surface area contributed by atoms with Crippen LogP contribution < -0.4 is 10.6 Å². The molecule has 1 atom stereocenters. The molecule has 0 aliphatic rings. The molecular weight excluding hydrogens is 227 g/mol. The molecule has 1 aromatic rings. The van der Waals surface area contributed by atoms with Crippen molar-refractivity contribution in [2.45, 2.75) is 19.4 Å². The van der Waals surface area contributed by atoms with Crippen molar-refractivity contribution in [3.8, 4) is 0 Å². The van der Waals surface area contributed by atoms with Crippen molar-refractivity contribution in [3.05, 3.63) is 12.0 Å². The van der Waals surface area contributed by atoms with Crippen molar-refractivity contribution in [2.75, 3.05) is 29.7 Å². The van der Waals surface area contributed by atoms with Crippen molar-refractivity contribution in [3.63, 3.8) is 0 Å². The molecule has 0 aromatic carbocycles. The Morgan fingerprint density at radius 1 is 1.56 bits per heavy atom. The molecule has 0 radical (unpaired) electrons. The summed E-state index contributed by atoms with van der Waals surface area (Å²) < 4.78 is 13.4. The van der Waals surface area contributed by atoms with E-state index in [1.165, 1.54) is 6.20 Å². The van der Waals surface area contributed by atoms with Crippen molar-refractivity contribution < 1.29 is 4.39 Å². The van der Waals surface area contributed by atoms with Crippen LogP contribution in [0.15, 0.2) is 6.20 Å². The van der Waals surface area contributed by atoms with Gasteiger partial charge < -0.3 is 10.6 Å². The summed E-state index contributed by atoms with van der Waals surface area (Å²) in [6.07, 6.45) is 4.13. The van der Waals surface area contributed by atoms with E-state index in [-0.39, 0.29) is 11.9 Å². The minimum Gasteiger partial charge on any atom is -0.364 e. The Hall–Kier alpha value is -1.04. The maximum Gasteiger partial charge on any atom is 0.224 e. The fourth-order valence-corrected chi connectivity index (χ4v) is 1.97. The van der Waals surface area contributed by atoms with E-state index >= 15 is 0 Å². The lowest BCUT2D eigenvalue weighted by molar-refractivity contribution is 0.612. The smallest absolute Gasteiger partial charge is 0.224 e. The highest BCUT2D eigenvalue weighted by atomic mass is 32.2. The van der Waals surface area contributed by atoms with Crippen molar-refractivity contribution in [2.24, 2.45) is 0 Å². The lowest BCUT2D eigenvalue weighted by Crippen LogP contribution is -2.23. The van der Waals surface area contributed by atoms with Gasteiger partial charge in [0, 0.05) is 18.8 Å². The Labute approximate surface area is 99.4 Å². The number of thioether (sulfide) groups is 1. The van der Waals surface area contributed by atoms with Gasteiger partial charge in [-0.2, -0.15) is 16.7 Å². The van der Waals surface area contributed by atoms with Crippen LogP contribution in [0.1, 0.15) is 13.3 Å². The summed E-state index contributed by atoms with van der Waals surface area (Å²) >= 11 is 1.73. The van der Waals surface area contributed by atoms with Crippen LogP contribution in [-0.2, 0) is 0 Å². The third-order valence-electron chi connectivity index (χ3n) is 2.17. The van der Waals surface area contributed by atoms with Gasteiger partial charge in [-0.25, -0.2) is 9.37 Å². The number of aromatic nitrogens is 2. The zero-order valence-electron chi connectivity index (χ0n) is 9.75. The standard InChI is InChI=1S/C10H17FN4S/c1-4-7(6-16-3)14-9-8(11)5-13-10(12-2)15-9/h5,7H,4,6H2,1-3H3,(H2,12,13,14,15). The zero-order valence-corrected chi connectivity index (χ0v) is 10.6. The molecule has 90 valence electrons. The largest absolute Gasteiger partial charge is 0.364 e. The summed E-state index contributed by atoms with van der Waals surface area (Å²) in [5.74, 6) is 1.19. The molecule has 0 saturated heterocycles. The molecule has 1 aromatic heterocycles. The van der Waals surface area contributed by atoms with E-state index in [9.17, 15) is 4.39 Å². The predicted molar refractivity (Wildman–Crippen MR) is 67.6 cm³/mol. The summed E-state index contributed by atoms with van der Waals surface area (Å²) in [6, 6.07) is 0.226. The van der Waals surface area contributed by atoms with Crippen LogP contribution in [0.2, 0.25) is 0 Å². The van der Waals surface area contributed by atoms with Gasteiger partial charge in [-0.15, -0.1) is 0 Å². The first-order valence-electron chi connectivity index (χ1n) is 5.17. The van der Waals surface area contributed by atoms with E-state index in [0.717, 1.165) is 12.2 Å². The monoisotopic (exact) mass is 244 g/mol. The number of rotatable bonds is 6. The SMILES string of the molecule is CCC(CSC)Nc1nc(NC)ncc1F. The summed E-state index contributed by atoms with van der Waals surface area (Å²) in [5.41, 5.74) is 0. The average molecular weight is 244 g/mol. The summed E-state index contributed by atoms with van der Waals surface area (Å²) in [4.78, 5) is 7.84. The molecule has 0 saturated carbocycles. The maximum atomic E-state index is 13.4. The van der Waals surface area contributed by atoms with Gasteiger partial charge in [-0.3, -0.25) is 0 Å². The minimum atomic E-state index is -0.418. The van der Waals surface area contributed by atoms with Gasteiger partial charge in [0.15, 0.2) is 11.6 Å². The molecule has 6 heteroatoms. The molecule has 0 fully saturated rings. The molecule has 16 heavy (non-hydrogen) atoms. The van der Waals surface area contributed by atoms with Crippen molar-refractivity contribution in [1.29, 1.82) is 0 Å². The van der Waals surface area contributed by atoms with Crippen LogP contribution in [0.25, 0.3) is 0 Å². The molecule has 1 rings (SSSR count). The first-order valence-corrected chi connectivity index (χ1v) is 6.56. The van der Waals surface area contributed by atoms with E-state index in [1.807, 2.05) is 6.26 Å². The average Bonchev–Trinajstić information content (AvgIpc) is 2.31. The van der Waals surface area contributed by atoms with Crippen LogP contribution in [0.4, 0.5) is 16.2 Å². The quantitative estimate of drug-likeness (QED) is 0.803. The Kier molecular flexibility index (Phi) is 5.31. The van der Waals surface area contributed by atoms with E-state index in [0.29, 0.717) is 5.95 Å². The third kappa shape index (κ3) is 3.52. The second-order valence-corrected chi connectivity index (χ2v) is 4.26. The molecule has 0 aliphatic carbocycles. The van der Waals surface area contributed by atoms with E-state index < -0.39 is 5.82 Å². The molecule has 0 bridgehead atoms.